The molecule has 0 aliphatic carbocycles. The third-order valence-corrected chi connectivity index (χ3v) is 9.88. The van der Waals surface area contributed by atoms with Crippen molar-refractivity contribution >= 4 is 39.7 Å². The molecule has 0 aromatic heterocycles. The Balaban J connectivity index is 2.14. The minimum absolute atomic E-state index is 0.288. The van der Waals surface area contributed by atoms with Gasteiger partial charge in [0.2, 0.25) is 0 Å². The number of carbonyl (C=O) groups is 1. The Morgan fingerprint density at radius 3 is 2.50 bits per heavy atom. The highest BCUT2D eigenvalue weighted by Gasteiger charge is 2.40. The summed E-state index contributed by atoms with van der Waals surface area (Å²) >= 11 is 1.29. The van der Waals surface area contributed by atoms with Gasteiger partial charge < -0.3 is 14.7 Å². The molecule has 3 rings (SSSR count). The lowest BCUT2D eigenvalue weighted by molar-refractivity contribution is -0.138. The van der Waals surface area contributed by atoms with Crippen molar-refractivity contribution in [2.24, 2.45) is 5.41 Å². The monoisotopic (exact) mass is 507 g/mol. The number of hydrogen-bond donors (Lipinski definition) is 3. The Kier molecular flexibility index (Phi) is 8.18. The number of nitrogens with zero attached hydrogens (tertiary/aromatic N) is 1. The minimum Gasteiger partial charge on any atom is -0.496 e. The van der Waals surface area contributed by atoms with Gasteiger partial charge in [0, 0.05) is 40.8 Å². The fourth-order valence-corrected chi connectivity index (χ4v) is 7.42. The van der Waals surface area contributed by atoms with Crippen molar-refractivity contribution in [2.75, 3.05) is 24.3 Å². The van der Waals surface area contributed by atoms with E-state index in [-0.39, 0.29) is 11.2 Å². The average molecular weight is 508 g/mol. The van der Waals surface area contributed by atoms with Crippen LogP contribution in [0.4, 0.5) is 11.4 Å². The van der Waals surface area contributed by atoms with Gasteiger partial charge in [0.05, 0.1) is 17.7 Å². The van der Waals surface area contributed by atoms with Crippen LogP contribution in [0.15, 0.2) is 47.4 Å². The maximum absolute atomic E-state index is 11.6. The average Bonchev–Trinajstić information content (AvgIpc) is 2.87. The lowest BCUT2D eigenvalue weighted by Gasteiger charge is -2.39. The Hall–Kier alpha value is -1.87. The van der Waals surface area contributed by atoms with E-state index in [0.29, 0.717) is 22.9 Å². The molecule has 1 heterocycles. The number of anilines is 2. The Bertz CT molecular complexity index is 1010. The number of unbranched alkanes of at least 4 members (excludes halogenated alkanes) is 1. The van der Waals surface area contributed by atoms with Gasteiger partial charge in [0.1, 0.15) is 10.5 Å². The Morgan fingerprint density at radius 1 is 1.24 bits per heavy atom. The maximum atomic E-state index is 11.6. The van der Waals surface area contributed by atoms with Crippen LogP contribution >= 0.6 is 22.4 Å². The highest BCUT2D eigenvalue weighted by atomic mass is 32.3. The zero-order valence-electron chi connectivity index (χ0n) is 20.7. The summed E-state index contributed by atoms with van der Waals surface area (Å²) in [5.74, 6) is 0.387. The number of rotatable bonds is 9. The van der Waals surface area contributed by atoms with Crippen molar-refractivity contribution in [1.82, 2.24) is 0 Å². The number of carboxylic acids is 1. The van der Waals surface area contributed by atoms with Gasteiger partial charge in [-0.25, -0.2) is 0 Å². The molecule has 0 amide bonds. The molecule has 0 radical (unpaired) electrons. The van der Waals surface area contributed by atoms with E-state index in [0.717, 1.165) is 36.2 Å². The van der Waals surface area contributed by atoms with Crippen molar-refractivity contribution in [3.05, 3.63) is 48.0 Å². The summed E-state index contributed by atoms with van der Waals surface area (Å²) in [6.45, 7) is 8.28. The quantitative estimate of drug-likeness (QED) is 0.329. The molecule has 2 aromatic rings. The molecule has 0 bridgehead atoms. The number of hydrogen-bond acceptors (Lipinski definition) is 6. The second-order valence-electron chi connectivity index (χ2n) is 9.88. The first-order valence-electron chi connectivity index (χ1n) is 11.6. The van der Waals surface area contributed by atoms with Crippen LogP contribution in [-0.4, -0.2) is 44.3 Å². The molecule has 8 heteroatoms. The van der Waals surface area contributed by atoms with E-state index < -0.39 is 21.3 Å². The molecule has 0 saturated carbocycles. The smallest absolute Gasteiger partial charge is 0.319 e. The second-order valence-corrected chi connectivity index (χ2v) is 13.5. The fourth-order valence-electron chi connectivity index (χ4n) is 4.36. The first kappa shape index (κ1) is 26.7. The molecule has 0 saturated heterocycles. The van der Waals surface area contributed by atoms with Gasteiger partial charge in [-0.1, -0.05) is 44.9 Å². The summed E-state index contributed by atoms with van der Waals surface area (Å²) in [6.07, 6.45) is 2.95. The number of ether oxygens (including phenoxy) is 1. The van der Waals surface area contributed by atoms with Gasteiger partial charge in [0.15, 0.2) is 0 Å². The zero-order chi connectivity index (χ0) is 25.1. The number of carboxylic acid groups (broad SMARTS) is 1. The van der Waals surface area contributed by atoms with Crippen LogP contribution in [0, 0.1) is 5.41 Å². The molecular formula is C26H37NO5S2. The Morgan fingerprint density at radius 2 is 1.91 bits per heavy atom. The van der Waals surface area contributed by atoms with E-state index in [4.69, 9.17) is 4.74 Å². The van der Waals surface area contributed by atoms with E-state index in [1.165, 1.54) is 11.8 Å². The number of aliphatic carboxylic acids is 1. The van der Waals surface area contributed by atoms with E-state index in [2.05, 4.69) is 18.7 Å². The maximum Gasteiger partial charge on any atom is 0.319 e. The zero-order valence-corrected chi connectivity index (χ0v) is 22.3. The van der Waals surface area contributed by atoms with E-state index >= 15 is 0 Å². The highest BCUT2D eigenvalue weighted by Crippen LogP contribution is 2.61. The van der Waals surface area contributed by atoms with E-state index in [9.17, 15) is 19.0 Å². The molecule has 1 aliphatic rings. The van der Waals surface area contributed by atoms with Crippen molar-refractivity contribution in [3.63, 3.8) is 0 Å². The van der Waals surface area contributed by atoms with Crippen LogP contribution in [-0.2, 0) is 10.5 Å². The minimum atomic E-state index is -3.10. The van der Waals surface area contributed by atoms with Gasteiger partial charge in [-0.2, -0.15) is 10.6 Å². The predicted molar refractivity (Wildman–Crippen MR) is 143 cm³/mol. The number of thioether (sulfide) groups is 1. The van der Waals surface area contributed by atoms with Crippen LogP contribution in [0.2, 0.25) is 0 Å². The molecule has 0 spiro atoms. The summed E-state index contributed by atoms with van der Waals surface area (Å²) in [5.41, 5.74) is 2.18. The fraction of sp³-hybridized carbons (Fsp3) is 0.500. The van der Waals surface area contributed by atoms with Gasteiger partial charge >= 0.3 is 5.97 Å². The van der Waals surface area contributed by atoms with Gasteiger partial charge in [-0.15, -0.1) is 11.8 Å². The molecule has 188 valence electrons. The first-order valence-corrected chi connectivity index (χ1v) is 14.3. The Labute approximate surface area is 209 Å². The second kappa shape index (κ2) is 10.4. The van der Waals surface area contributed by atoms with Gasteiger partial charge in [0.25, 0.3) is 0 Å². The van der Waals surface area contributed by atoms with Crippen LogP contribution in [0.1, 0.15) is 52.5 Å². The summed E-state index contributed by atoms with van der Waals surface area (Å²) in [6, 6.07) is 13.7. The molecule has 1 unspecified atom stereocenters. The van der Waals surface area contributed by atoms with Crippen LogP contribution in [0.25, 0.3) is 0 Å². The van der Waals surface area contributed by atoms with E-state index in [1.54, 1.807) is 21.0 Å². The van der Waals surface area contributed by atoms with Crippen molar-refractivity contribution in [1.29, 1.82) is 0 Å². The molecule has 1 atom stereocenters. The first-order chi connectivity index (χ1) is 15.9. The summed E-state index contributed by atoms with van der Waals surface area (Å²) in [7, 11) is -1.51. The van der Waals surface area contributed by atoms with Gasteiger partial charge in [-0.3, -0.25) is 13.9 Å². The number of fused-ring (bicyclic) bond motifs is 1. The normalized spacial score (nSPS) is 20.9. The van der Waals surface area contributed by atoms with Crippen molar-refractivity contribution < 1.29 is 23.7 Å². The molecule has 3 N–H and O–H groups in total. The standard InChI is InChI=1S/C26H37NO5S2/c1-6-7-13-26(4)17-27(20-11-9-8-10-12-20)21-15-22(32-5)19(14-23(21)34(30,31)18-26)16-33-25(2,3)24(28)29/h8-12,14-15,30-31H,6-7,13,16-18H2,1-5H3,(H,28,29). The lowest BCUT2D eigenvalue weighted by Crippen LogP contribution is -2.35. The molecule has 6 nitrogen and oxygen atoms in total. The molecule has 2 aromatic carbocycles. The summed E-state index contributed by atoms with van der Waals surface area (Å²) in [5, 5.41) is 9.51. The van der Waals surface area contributed by atoms with Gasteiger partial charge in [-0.05, 0) is 38.5 Å². The molecule has 34 heavy (non-hydrogen) atoms. The lowest BCUT2D eigenvalue weighted by atomic mass is 9.86. The number of benzene rings is 2. The molecule has 1 aliphatic heterocycles. The van der Waals surface area contributed by atoms with Crippen molar-refractivity contribution in [2.45, 2.75) is 62.4 Å². The summed E-state index contributed by atoms with van der Waals surface area (Å²) < 4.78 is 27.7. The van der Waals surface area contributed by atoms with Crippen molar-refractivity contribution in [3.8, 4) is 5.75 Å². The SMILES string of the molecule is CCCCC1(C)CN(c2ccccc2)c2cc(OC)c(CSC(C)(C)C(=O)O)cc2S(O)(O)C1. The summed E-state index contributed by atoms with van der Waals surface area (Å²) in [4.78, 5) is 14.3. The van der Waals surface area contributed by atoms with Crippen LogP contribution in [0.3, 0.4) is 0 Å². The third kappa shape index (κ3) is 5.85. The third-order valence-electron chi connectivity index (χ3n) is 6.40. The highest BCUT2D eigenvalue weighted by molar-refractivity contribution is 8.24. The number of methoxy groups -OCH3 is 1. The number of para-hydroxylation sites is 1. The topological polar surface area (TPSA) is 90.2 Å². The van der Waals surface area contributed by atoms with E-state index in [1.807, 2.05) is 42.5 Å². The molecular weight excluding hydrogens is 470 g/mol. The van der Waals surface area contributed by atoms with Crippen LogP contribution in [0.5, 0.6) is 5.75 Å². The van der Waals surface area contributed by atoms with Crippen LogP contribution < -0.4 is 9.64 Å². The largest absolute Gasteiger partial charge is 0.496 e. The predicted octanol–water partition coefficient (Wildman–Crippen LogP) is 7.25. The molecule has 0 fully saturated rings.